The summed E-state index contributed by atoms with van der Waals surface area (Å²) in [5, 5.41) is 3.64. The Kier molecular flexibility index (Phi) is 27.0. The third-order valence-corrected chi connectivity index (χ3v) is 6.84. The highest BCUT2D eigenvalue weighted by atomic mass is 14.8. The number of nitrogens with one attached hydrogen (secondary N) is 1. The minimum Gasteiger partial charge on any atom is -0.317 e. The molecule has 0 aliphatic carbocycles. The Balaban J connectivity index is 3.20. The summed E-state index contributed by atoms with van der Waals surface area (Å²) in [5.74, 6) is 1.03. The first-order valence-corrected chi connectivity index (χ1v) is 14.6. The zero-order chi connectivity index (χ0) is 22.0. The molecular weight excluding hydrogens is 362 g/mol. The molecule has 0 saturated heterocycles. The summed E-state index contributed by atoms with van der Waals surface area (Å²) in [7, 11) is 0. The number of rotatable bonds is 26. The zero-order valence-corrected chi connectivity index (χ0v) is 21.8. The van der Waals surface area contributed by atoms with Crippen molar-refractivity contribution in [3.05, 3.63) is 0 Å². The molecule has 1 N–H and O–H groups in total. The van der Waals surface area contributed by atoms with Gasteiger partial charge in [-0.2, -0.15) is 0 Å². The summed E-state index contributed by atoms with van der Waals surface area (Å²) in [6, 6.07) is 0. The van der Waals surface area contributed by atoms with Crippen molar-refractivity contribution in [3.63, 3.8) is 0 Å². The average molecular weight is 424 g/mol. The van der Waals surface area contributed by atoms with Gasteiger partial charge in [-0.1, -0.05) is 156 Å². The lowest BCUT2D eigenvalue weighted by molar-refractivity contribution is 0.379. The van der Waals surface area contributed by atoms with E-state index in [0.29, 0.717) is 0 Å². The Morgan fingerprint density at radius 3 is 1.20 bits per heavy atom. The lowest BCUT2D eigenvalue weighted by Crippen LogP contribution is -2.16. The van der Waals surface area contributed by atoms with E-state index in [4.69, 9.17) is 0 Å². The minimum atomic E-state index is 1.03. The van der Waals surface area contributed by atoms with E-state index in [1.165, 1.54) is 161 Å². The number of hydrogen-bond acceptors (Lipinski definition) is 1. The summed E-state index contributed by atoms with van der Waals surface area (Å²) in [4.78, 5) is 0. The van der Waals surface area contributed by atoms with Crippen LogP contribution in [0.3, 0.4) is 0 Å². The molecule has 1 atom stereocenters. The van der Waals surface area contributed by atoms with Gasteiger partial charge in [-0.15, -0.1) is 0 Å². The Morgan fingerprint density at radius 1 is 0.367 bits per heavy atom. The van der Waals surface area contributed by atoms with Gasteiger partial charge in [0.1, 0.15) is 0 Å². The lowest BCUT2D eigenvalue weighted by atomic mass is 9.91. The van der Waals surface area contributed by atoms with Gasteiger partial charge in [-0.25, -0.2) is 0 Å². The Bertz CT molecular complexity index is 288. The average Bonchev–Trinajstić information content (AvgIpc) is 2.75. The Morgan fingerprint density at radius 2 is 0.733 bits per heavy atom. The second kappa shape index (κ2) is 27.0. The van der Waals surface area contributed by atoms with Gasteiger partial charge in [-0.3, -0.25) is 0 Å². The van der Waals surface area contributed by atoms with Crippen molar-refractivity contribution in [2.45, 2.75) is 168 Å². The van der Waals surface area contributed by atoms with Crippen molar-refractivity contribution >= 4 is 0 Å². The largest absolute Gasteiger partial charge is 0.317 e. The van der Waals surface area contributed by atoms with Crippen molar-refractivity contribution in [1.29, 1.82) is 0 Å². The van der Waals surface area contributed by atoms with Crippen LogP contribution in [0.5, 0.6) is 0 Å². The third-order valence-electron chi connectivity index (χ3n) is 6.84. The molecule has 0 spiro atoms. The standard InChI is InChI=1S/C29H61N/c1-4-7-9-10-18-22-27-30-28-23-19-16-14-12-11-13-15-17-21-26-29(24-6-3)25-20-8-5-2/h29-30H,4-28H2,1-3H3. The fourth-order valence-electron chi connectivity index (χ4n) is 4.78. The fraction of sp³-hybridized carbons (Fsp3) is 1.00. The molecule has 0 rings (SSSR count). The SMILES string of the molecule is CCCCCCCCNCCCCCCCCCCCCC(CCC)CCCCC. The van der Waals surface area contributed by atoms with Crippen molar-refractivity contribution < 1.29 is 0 Å². The molecule has 0 aromatic rings. The highest BCUT2D eigenvalue weighted by molar-refractivity contribution is 4.60. The van der Waals surface area contributed by atoms with E-state index in [0.717, 1.165) is 5.92 Å². The first-order chi connectivity index (χ1) is 14.8. The highest BCUT2D eigenvalue weighted by Gasteiger charge is 2.07. The predicted molar refractivity (Wildman–Crippen MR) is 140 cm³/mol. The molecule has 1 nitrogen and oxygen atoms in total. The van der Waals surface area contributed by atoms with E-state index in [2.05, 4.69) is 26.1 Å². The van der Waals surface area contributed by atoms with E-state index in [1.807, 2.05) is 0 Å². The van der Waals surface area contributed by atoms with E-state index in [9.17, 15) is 0 Å². The van der Waals surface area contributed by atoms with Gasteiger partial charge in [0, 0.05) is 0 Å². The molecule has 0 aromatic carbocycles. The summed E-state index contributed by atoms with van der Waals surface area (Å²) < 4.78 is 0. The second-order valence-electron chi connectivity index (χ2n) is 9.99. The van der Waals surface area contributed by atoms with Crippen LogP contribution in [0.25, 0.3) is 0 Å². The third kappa shape index (κ3) is 24.2. The maximum atomic E-state index is 3.64. The van der Waals surface area contributed by atoms with Gasteiger partial charge in [-0.05, 0) is 31.8 Å². The molecule has 0 fully saturated rings. The molecule has 0 radical (unpaired) electrons. The van der Waals surface area contributed by atoms with E-state index in [1.54, 1.807) is 0 Å². The van der Waals surface area contributed by atoms with Crippen LogP contribution in [0.4, 0.5) is 0 Å². The van der Waals surface area contributed by atoms with Gasteiger partial charge in [0.05, 0.1) is 0 Å². The molecule has 0 aliphatic heterocycles. The Labute approximate surface area is 193 Å². The van der Waals surface area contributed by atoms with E-state index < -0.39 is 0 Å². The van der Waals surface area contributed by atoms with Gasteiger partial charge < -0.3 is 5.32 Å². The second-order valence-corrected chi connectivity index (χ2v) is 9.99. The summed E-state index contributed by atoms with van der Waals surface area (Å²) in [5.41, 5.74) is 0. The van der Waals surface area contributed by atoms with Gasteiger partial charge in [0.15, 0.2) is 0 Å². The molecular formula is C29H61N. The molecule has 0 saturated carbocycles. The predicted octanol–water partition coefficient (Wildman–Crippen LogP) is 10.2. The first kappa shape index (κ1) is 30.0. The van der Waals surface area contributed by atoms with Gasteiger partial charge in [0.25, 0.3) is 0 Å². The van der Waals surface area contributed by atoms with Gasteiger partial charge >= 0.3 is 0 Å². The van der Waals surface area contributed by atoms with Crippen LogP contribution in [0.1, 0.15) is 168 Å². The molecule has 1 unspecified atom stereocenters. The number of hydrogen-bond donors (Lipinski definition) is 1. The molecule has 0 heterocycles. The molecule has 30 heavy (non-hydrogen) atoms. The fourth-order valence-corrected chi connectivity index (χ4v) is 4.78. The molecule has 0 aliphatic rings. The topological polar surface area (TPSA) is 12.0 Å². The van der Waals surface area contributed by atoms with Crippen molar-refractivity contribution in [2.24, 2.45) is 5.92 Å². The van der Waals surface area contributed by atoms with Crippen molar-refractivity contribution in [1.82, 2.24) is 5.32 Å². The van der Waals surface area contributed by atoms with Crippen LogP contribution in [0.15, 0.2) is 0 Å². The summed E-state index contributed by atoms with van der Waals surface area (Å²) in [6.45, 7) is 9.46. The summed E-state index contributed by atoms with van der Waals surface area (Å²) in [6.07, 6.45) is 33.2. The monoisotopic (exact) mass is 423 g/mol. The first-order valence-electron chi connectivity index (χ1n) is 14.6. The van der Waals surface area contributed by atoms with Crippen LogP contribution in [0, 0.1) is 5.92 Å². The zero-order valence-electron chi connectivity index (χ0n) is 21.8. The molecule has 0 bridgehead atoms. The normalized spacial score (nSPS) is 12.5. The molecule has 1 heteroatoms. The molecule has 0 aromatic heterocycles. The highest BCUT2D eigenvalue weighted by Crippen LogP contribution is 2.22. The molecule has 0 amide bonds. The van der Waals surface area contributed by atoms with Crippen molar-refractivity contribution in [3.8, 4) is 0 Å². The van der Waals surface area contributed by atoms with Crippen LogP contribution in [0.2, 0.25) is 0 Å². The quantitative estimate of drug-likeness (QED) is 0.136. The Hall–Kier alpha value is -0.0400. The maximum absolute atomic E-state index is 3.64. The molecule has 182 valence electrons. The van der Waals surface area contributed by atoms with Crippen LogP contribution < -0.4 is 5.32 Å². The number of unbranched alkanes of at least 4 members (excludes halogenated alkanes) is 16. The summed E-state index contributed by atoms with van der Waals surface area (Å²) >= 11 is 0. The van der Waals surface area contributed by atoms with Crippen LogP contribution in [-0.2, 0) is 0 Å². The smallest absolute Gasteiger partial charge is 0.00489 e. The van der Waals surface area contributed by atoms with E-state index >= 15 is 0 Å². The van der Waals surface area contributed by atoms with Crippen LogP contribution in [-0.4, -0.2) is 13.1 Å². The van der Waals surface area contributed by atoms with E-state index in [-0.39, 0.29) is 0 Å². The minimum absolute atomic E-state index is 1.03. The van der Waals surface area contributed by atoms with Crippen LogP contribution >= 0.6 is 0 Å². The lowest BCUT2D eigenvalue weighted by Gasteiger charge is -2.15. The maximum Gasteiger partial charge on any atom is -0.00489 e. The van der Waals surface area contributed by atoms with Gasteiger partial charge in [0.2, 0.25) is 0 Å². The van der Waals surface area contributed by atoms with Crippen molar-refractivity contribution in [2.75, 3.05) is 13.1 Å².